The van der Waals surface area contributed by atoms with Crippen molar-refractivity contribution in [2.75, 3.05) is 18.4 Å². The van der Waals surface area contributed by atoms with Gasteiger partial charge in [-0.05, 0) is 56.5 Å². The average Bonchev–Trinajstić information content (AvgIpc) is 2.62. The first kappa shape index (κ1) is 17.2. The topological polar surface area (TPSA) is 36.4 Å². The summed E-state index contributed by atoms with van der Waals surface area (Å²) < 4.78 is 27.4. The maximum absolute atomic E-state index is 13.7. The zero-order valence-corrected chi connectivity index (χ0v) is 14.9. The van der Waals surface area contributed by atoms with E-state index in [0.29, 0.717) is 18.7 Å². The summed E-state index contributed by atoms with van der Waals surface area (Å²) >= 11 is 0. The van der Waals surface area contributed by atoms with E-state index >= 15 is 0 Å². The number of nitrogens with zero attached hydrogens (tertiary/aromatic N) is 1. The number of piperidine rings is 1. The molecule has 4 rings (SSSR count). The minimum absolute atomic E-state index is 0.133. The molecule has 0 bridgehead atoms. The van der Waals surface area contributed by atoms with E-state index in [1.807, 2.05) is 6.07 Å². The van der Waals surface area contributed by atoms with Gasteiger partial charge in [-0.25, -0.2) is 8.78 Å². The Bertz CT molecular complexity index is 854. The number of aryl methyl sites for hydroxylation is 1. The molecule has 2 heterocycles. The van der Waals surface area contributed by atoms with Crippen LogP contribution in [0.2, 0.25) is 0 Å². The molecule has 136 valence electrons. The van der Waals surface area contributed by atoms with Gasteiger partial charge in [0.25, 0.3) is 0 Å². The lowest BCUT2D eigenvalue weighted by atomic mass is 9.71. The van der Waals surface area contributed by atoms with Gasteiger partial charge in [0.2, 0.25) is 0 Å². The van der Waals surface area contributed by atoms with Crippen molar-refractivity contribution >= 4 is 11.5 Å². The van der Waals surface area contributed by atoms with E-state index < -0.39 is 11.6 Å². The number of benzene rings is 2. The maximum atomic E-state index is 13.7. The Morgan fingerprint density at radius 2 is 1.85 bits per heavy atom. The minimum Gasteiger partial charge on any atom is -0.343 e. The molecular formula is C21H23F2N3. The van der Waals surface area contributed by atoms with Gasteiger partial charge in [-0.2, -0.15) is 0 Å². The van der Waals surface area contributed by atoms with Crippen LogP contribution in [0, 0.1) is 24.0 Å². The second-order valence-corrected chi connectivity index (χ2v) is 7.41. The highest BCUT2D eigenvalue weighted by molar-refractivity contribution is 6.02. The van der Waals surface area contributed by atoms with Gasteiger partial charge in [0.05, 0.1) is 6.54 Å². The van der Waals surface area contributed by atoms with E-state index in [4.69, 9.17) is 4.99 Å². The van der Waals surface area contributed by atoms with Crippen LogP contribution in [0.3, 0.4) is 0 Å². The average molecular weight is 355 g/mol. The van der Waals surface area contributed by atoms with Crippen LogP contribution in [0.15, 0.2) is 41.4 Å². The summed E-state index contributed by atoms with van der Waals surface area (Å²) in [6.45, 7) is 4.46. The van der Waals surface area contributed by atoms with Gasteiger partial charge in [0, 0.05) is 17.2 Å². The van der Waals surface area contributed by atoms with Gasteiger partial charge >= 0.3 is 0 Å². The number of rotatable bonds is 2. The molecule has 2 aromatic carbocycles. The number of hydrogen-bond donors (Lipinski definition) is 2. The molecule has 0 unspecified atom stereocenters. The number of aliphatic imine (C=N–C) groups is 1. The van der Waals surface area contributed by atoms with E-state index in [0.717, 1.165) is 42.9 Å². The third kappa shape index (κ3) is 3.23. The maximum Gasteiger partial charge on any atom is 0.160 e. The lowest BCUT2D eigenvalue weighted by Gasteiger charge is -2.43. The summed E-state index contributed by atoms with van der Waals surface area (Å²) in [4.78, 5) is 4.88. The fourth-order valence-electron chi connectivity index (χ4n) is 4.07. The molecule has 2 aliphatic rings. The van der Waals surface area contributed by atoms with Crippen LogP contribution in [0.4, 0.5) is 14.5 Å². The number of hydrogen-bond acceptors (Lipinski definition) is 2. The summed E-state index contributed by atoms with van der Waals surface area (Å²) in [5.74, 6) is -0.704. The number of nitrogens with one attached hydrogen (secondary N) is 2. The molecular weight excluding hydrogens is 332 g/mol. The first-order chi connectivity index (χ1) is 12.6. The largest absolute Gasteiger partial charge is 0.343 e. The monoisotopic (exact) mass is 355 g/mol. The molecule has 0 radical (unpaired) electrons. The summed E-state index contributed by atoms with van der Waals surface area (Å²) in [5.41, 5.74) is 3.70. The molecule has 0 aliphatic carbocycles. The van der Waals surface area contributed by atoms with Crippen LogP contribution in [0.1, 0.15) is 29.5 Å². The Labute approximate surface area is 152 Å². The number of halogens is 2. The summed E-state index contributed by atoms with van der Waals surface area (Å²) in [6.07, 6.45) is 2.57. The van der Waals surface area contributed by atoms with Crippen molar-refractivity contribution in [3.63, 3.8) is 0 Å². The van der Waals surface area contributed by atoms with Gasteiger partial charge in [0.15, 0.2) is 11.6 Å². The van der Waals surface area contributed by atoms with Crippen molar-refractivity contribution in [1.29, 1.82) is 0 Å². The fraction of sp³-hybridized carbons (Fsp3) is 0.381. The van der Waals surface area contributed by atoms with Gasteiger partial charge in [-0.15, -0.1) is 0 Å². The molecule has 5 heteroatoms. The zero-order chi connectivity index (χ0) is 18.1. The predicted octanol–water partition coefficient (Wildman–Crippen LogP) is 4.21. The summed E-state index contributed by atoms with van der Waals surface area (Å²) in [6, 6.07) is 10.9. The van der Waals surface area contributed by atoms with Gasteiger partial charge in [0.1, 0.15) is 5.84 Å². The highest BCUT2D eigenvalue weighted by atomic mass is 19.2. The second kappa shape index (κ2) is 6.80. The minimum atomic E-state index is -0.824. The van der Waals surface area contributed by atoms with E-state index in [-0.39, 0.29) is 5.41 Å². The molecule has 2 aliphatic heterocycles. The highest BCUT2D eigenvalue weighted by Crippen LogP contribution is 2.41. The van der Waals surface area contributed by atoms with Crippen molar-refractivity contribution in [3.05, 3.63) is 64.7 Å². The van der Waals surface area contributed by atoms with E-state index in [2.05, 4.69) is 35.8 Å². The molecule has 0 amide bonds. The predicted molar refractivity (Wildman–Crippen MR) is 101 cm³/mol. The van der Waals surface area contributed by atoms with Gasteiger partial charge < -0.3 is 10.6 Å². The van der Waals surface area contributed by atoms with Crippen LogP contribution >= 0.6 is 0 Å². The van der Waals surface area contributed by atoms with Crippen molar-refractivity contribution in [3.8, 4) is 0 Å². The Morgan fingerprint density at radius 3 is 2.62 bits per heavy atom. The van der Waals surface area contributed by atoms with Crippen molar-refractivity contribution in [2.24, 2.45) is 10.4 Å². The number of fused-ring (bicyclic) bond motifs is 1. The Kier molecular flexibility index (Phi) is 4.49. The number of amidine groups is 1. The third-order valence-electron chi connectivity index (χ3n) is 5.49. The first-order valence-corrected chi connectivity index (χ1v) is 9.12. The Morgan fingerprint density at radius 1 is 1.08 bits per heavy atom. The van der Waals surface area contributed by atoms with Crippen LogP contribution in [-0.4, -0.2) is 18.9 Å². The van der Waals surface area contributed by atoms with Crippen molar-refractivity contribution < 1.29 is 8.78 Å². The fourth-order valence-corrected chi connectivity index (χ4v) is 4.07. The van der Waals surface area contributed by atoms with E-state index in [9.17, 15) is 8.78 Å². The van der Waals surface area contributed by atoms with Crippen LogP contribution in [0.5, 0.6) is 0 Å². The molecule has 0 aromatic heterocycles. The van der Waals surface area contributed by atoms with Crippen LogP contribution in [0.25, 0.3) is 0 Å². The van der Waals surface area contributed by atoms with Crippen LogP contribution in [-0.2, 0) is 13.0 Å². The third-order valence-corrected chi connectivity index (χ3v) is 5.49. The zero-order valence-electron chi connectivity index (χ0n) is 14.9. The molecule has 0 atom stereocenters. The SMILES string of the molecule is Cc1cccc(CN=C2Nc3cc(F)c(F)cc3CC23CCNCC3)c1. The second-order valence-electron chi connectivity index (χ2n) is 7.41. The quantitative estimate of drug-likeness (QED) is 0.847. The van der Waals surface area contributed by atoms with Crippen LogP contribution < -0.4 is 10.6 Å². The molecule has 1 saturated heterocycles. The molecule has 3 nitrogen and oxygen atoms in total. The smallest absolute Gasteiger partial charge is 0.160 e. The molecule has 2 aromatic rings. The molecule has 0 saturated carbocycles. The molecule has 26 heavy (non-hydrogen) atoms. The van der Waals surface area contributed by atoms with Crippen molar-refractivity contribution in [2.45, 2.75) is 32.7 Å². The molecule has 1 spiro atoms. The number of anilines is 1. The summed E-state index contributed by atoms with van der Waals surface area (Å²) in [7, 11) is 0. The summed E-state index contributed by atoms with van der Waals surface area (Å²) in [5, 5.41) is 6.71. The standard InChI is InChI=1S/C21H23F2N3/c1-14-3-2-4-15(9-14)13-25-20-21(5-7-24-8-6-21)12-16-10-17(22)18(23)11-19(16)26-20/h2-4,9-11,24H,5-8,12-13H2,1H3,(H,25,26). The molecule has 2 N–H and O–H groups in total. The lowest BCUT2D eigenvalue weighted by Crippen LogP contribution is -2.48. The molecule has 1 fully saturated rings. The Hall–Kier alpha value is -2.27. The lowest BCUT2D eigenvalue weighted by molar-refractivity contribution is 0.292. The van der Waals surface area contributed by atoms with Crippen molar-refractivity contribution in [1.82, 2.24) is 5.32 Å². The highest BCUT2D eigenvalue weighted by Gasteiger charge is 2.41. The van der Waals surface area contributed by atoms with E-state index in [1.54, 1.807) is 0 Å². The van der Waals surface area contributed by atoms with Gasteiger partial charge in [-0.3, -0.25) is 4.99 Å². The Balaban J connectivity index is 1.70. The van der Waals surface area contributed by atoms with Gasteiger partial charge in [-0.1, -0.05) is 29.8 Å². The van der Waals surface area contributed by atoms with E-state index in [1.165, 1.54) is 17.7 Å². The first-order valence-electron chi connectivity index (χ1n) is 9.12. The normalized spacial score (nSPS) is 20.0.